The third-order valence-electron chi connectivity index (χ3n) is 11.8. The minimum Gasteiger partial charge on any atom is -0.481 e. The average Bonchev–Trinajstić information content (AvgIpc) is 3.28. The summed E-state index contributed by atoms with van der Waals surface area (Å²) in [5, 5.41) is 51.0. The van der Waals surface area contributed by atoms with Gasteiger partial charge in [-0.15, -0.1) is 0 Å². The highest BCUT2D eigenvalue weighted by Crippen LogP contribution is 2.53. The lowest BCUT2D eigenvalue weighted by Gasteiger charge is -2.40. The maximum absolute atomic E-state index is 12.3. The van der Waals surface area contributed by atoms with Crippen molar-refractivity contribution in [1.82, 2.24) is 10.6 Å². The lowest BCUT2D eigenvalue weighted by molar-refractivity contribution is -0.148. The van der Waals surface area contributed by atoms with Gasteiger partial charge in [-0.3, -0.25) is 4.79 Å². The number of hydrogen-bond donors (Lipinski definition) is 7. The number of piperidine rings is 1. The Labute approximate surface area is 272 Å². The highest BCUT2D eigenvalue weighted by Gasteiger charge is 2.54. The Bertz CT molecular complexity index is 960. The van der Waals surface area contributed by atoms with Gasteiger partial charge in [0.1, 0.15) is 0 Å². The number of rotatable bonds is 18. The van der Waals surface area contributed by atoms with Gasteiger partial charge in [0.25, 0.3) is 0 Å². The van der Waals surface area contributed by atoms with E-state index in [2.05, 4.69) is 42.7 Å². The number of aliphatic hydroxyl groups is 3. The third kappa shape index (κ3) is 10.1. The van der Waals surface area contributed by atoms with Gasteiger partial charge in [-0.05, 0) is 101 Å². The molecule has 4 aliphatic rings. The van der Waals surface area contributed by atoms with Crippen molar-refractivity contribution in [2.24, 2.45) is 53.1 Å². The van der Waals surface area contributed by atoms with Crippen molar-refractivity contribution in [2.75, 3.05) is 19.6 Å². The molecular formula is C37H65N3O5. The summed E-state index contributed by atoms with van der Waals surface area (Å²) in [6, 6.07) is 0. The molecule has 4 rings (SSSR count). The molecule has 0 aromatic rings. The van der Waals surface area contributed by atoms with E-state index in [0.29, 0.717) is 42.9 Å². The zero-order chi connectivity index (χ0) is 32.4. The second-order valence-corrected chi connectivity index (χ2v) is 15.2. The van der Waals surface area contributed by atoms with Gasteiger partial charge >= 0.3 is 5.97 Å². The predicted octanol–water partition coefficient (Wildman–Crippen LogP) is 4.98. The predicted molar refractivity (Wildman–Crippen MR) is 180 cm³/mol. The maximum atomic E-state index is 12.3. The molecule has 8 N–H and O–H groups in total. The zero-order valence-electron chi connectivity index (χ0n) is 28.2. The molecular weight excluding hydrogens is 566 g/mol. The Balaban J connectivity index is 1.28. The molecule has 1 saturated carbocycles. The van der Waals surface area contributed by atoms with Crippen molar-refractivity contribution in [1.29, 1.82) is 0 Å². The molecule has 0 spiro atoms. The summed E-state index contributed by atoms with van der Waals surface area (Å²) in [5.74, 6) is -0.255. The van der Waals surface area contributed by atoms with Crippen LogP contribution in [0.15, 0.2) is 24.3 Å². The summed E-state index contributed by atoms with van der Waals surface area (Å²) in [7, 11) is 0. The summed E-state index contributed by atoms with van der Waals surface area (Å²) in [5.41, 5.74) is 5.29. The van der Waals surface area contributed by atoms with Crippen LogP contribution in [-0.2, 0) is 4.79 Å². The number of aliphatic hydroxyl groups excluding tert-OH is 2. The van der Waals surface area contributed by atoms with Gasteiger partial charge in [-0.25, -0.2) is 0 Å². The van der Waals surface area contributed by atoms with Crippen LogP contribution in [0.2, 0.25) is 0 Å². The van der Waals surface area contributed by atoms with Gasteiger partial charge < -0.3 is 36.8 Å². The van der Waals surface area contributed by atoms with Crippen molar-refractivity contribution in [3.05, 3.63) is 24.3 Å². The van der Waals surface area contributed by atoms with Crippen molar-refractivity contribution < 1.29 is 25.2 Å². The smallest absolute Gasteiger partial charge is 0.309 e. The average molecular weight is 632 g/mol. The molecule has 3 aliphatic carbocycles. The number of nitrogens with one attached hydrogen (secondary N) is 2. The van der Waals surface area contributed by atoms with E-state index in [-0.39, 0.29) is 30.0 Å². The van der Waals surface area contributed by atoms with Crippen LogP contribution >= 0.6 is 0 Å². The van der Waals surface area contributed by atoms with Gasteiger partial charge in [0.2, 0.25) is 0 Å². The van der Waals surface area contributed by atoms with Crippen LogP contribution in [0.3, 0.4) is 0 Å². The van der Waals surface area contributed by atoms with Crippen molar-refractivity contribution in [3.63, 3.8) is 0 Å². The summed E-state index contributed by atoms with van der Waals surface area (Å²) in [6.45, 7) is 7.01. The van der Waals surface area contributed by atoms with Crippen molar-refractivity contribution >= 4 is 5.97 Å². The van der Waals surface area contributed by atoms with E-state index in [0.717, 1.165) is 77.4 Å². The molecule has 1 aliphatic heterocycles. The van der Waals surface area contributed by atoms with Crippen LogP contribution in [0.5, 0.6) is 0 Å². The first-order valence-corrected chi connectivity index (χ1v) is 18.5. The number of fused-ring (bicyclic) bond motifs is 1. The maximum Gasteiger partial charge on any atom is 0.309 e. The molecule has 1 heterocycles. The molecule has 258 valence electrons. The monoisotopic (exact) mass is 631 g/mol. The second-order valence-electron chi connectivity index (χ2n) is 15.2. The van der Waals surface area contributed by atoms with E-state index < -0.39 is 23.6 Å². The molecule has 0 radical (unpaired) electrons. The van der Waals surface area contributed by atoms with E-state index in [1.807, 2.05) is 6.08 Å². The highest BCUT2D eigenvalue weighted by atomic mass is 16.4. The van der Waals surface area contributed by atoms with Gasteiger partial charge in [0, 0.05) is 17.8 Å². The van der Waals surface area contributed by atoms with Gasteiger partial charge in [0.15, 0.2) is 0 Å². The molecule has 0 bridgehead atoms. The van der Waals surface area contributed by atoms with Crippen molar-refractivity contribution in [2.45, 2.75) is 134 Å². The zero-order valence-corrected chi connectivity index (χ0v) is 28.2. The summed E-state index contributed by atoms with van der Waals surface area (Å²) in [6.07, 6.45) is 21.2. The van der Waals surface area contributed by atoms with Crippen LogP contribution in [0.25, 0.3) is 0 Å². The molecule has 45 heavy (non-hydrogen) atoms. The lowest BCUT2D eigenvalue weighted by atomic mass is 9.69. The Morgan fingerprint density at radius 3 is 2.56 bits per heavy atom. The number of hydrogen-bond acceptors (Lipinski definition) is 7. The Morgan fingerprint density at radius 2 is 1.84 bits per heavy atom. The molecule has 8 heteroatoms. The van der Waals surface area contributed by atoms with Crippen LogP contribution in [-0.4, -0.2) is 70.0 Å². The Morgan fingerprint density at radius 1 is 1.04 bits per heavy atom. The SMILES string of the molecule is CCCCCC1C=CC(CCCCCC(C(=O)O)C(O)C2C=CC3C(CC4CCNC(N)C4)C(CNCC)CC3(O)C2)C(O)C1. The number of carboxylic acids is 1. The molecule has 8 nitrogen and oxygen atoms in total. The van der Waals surface area contributed by atoms with E-state index >= 15 is 0 Å². The molecule has 1 saturated heterocycles. The molecule has 12 atom stereocenters. The highest BCUT2D eigenvalue weighted by molar-refractivity contribution is 5.70. The van der Waals surface area contributed by atoms with E-state index in [4.69, 9.17) is 5.73 Å². The first kappa shape index (κ1) is 36.5. The minimum absolute atomic E-state index is 0.0230. The van der Waals surface area contributed by atoms with Crippen molar-refractivity contribution in [3.8, 4) is 0 Å². The number of aliphatic carboxylic acids is 1. The normalized spacial score (nSPS) is 37.8. The first-order chi connectivity index (χ1) is 21.6. The summed E-state index contributed by atoms with van der Waals surface area (Å²) in [4.78, 5) is 12.3. The number of nitrogens with two attached hydrogens (primary N) is 1. The Hall–Kier alpha value is -1.29. The number of unbranched alkanes of at least 4 members (excludes halogenated alkanes) is 4. The second kappa shape index (κ2) is 17.7. The molecule has 0 amide bonds. The largest absolute Gasteiger partial charge is 0.481 e. The molecule has 0 aromatic heterocycles. The summed E-state index contributed by atoms with van der Waals surface area (Å²) < 4.78 is 0. The standard InChI is InChI=1S/C37H65N3O5/c1-3-5-7-10-25-13-14-27(33(41)20-25)11-8-6-9-12-30(36(43)44)35(42)28-15-16-32-31(19-26-17-18-40-34(38)21-26)29(24-39-4-2)23-37(32,45)22-28/h13-16,25-35,39-42,45H,3-12,17-24,38H2,1-2H3,(H,43,44). The van der Waals surface area contributed by atoms with Gasteiger partial charge in [-0.1, -0.05) is 76.7 Å². The first-order valence-electron chi connectivity index (χ1n) is 18.5. The van der Waals surface area contributed by atoms with Gasteiger partial charge in [-0.2, -0.15) is 0 Å². The number of carbonyl (C=O) groups is 1. The fraction of sp³-hybridized carbons (Fsp3) is 0.865. The van der Waals surface area contributed by atoms with E-state index in [9.17, 15) is 25.2 Å². The minimum atomic E-state index is -1.02. The molecule has 0 aromatic carbocycles. The quantitative estimate of drug-likeness (QED) is 0.0828. The van der Waals surface area contributed by atoms with E-state index in [1.165, 1.54) is 19.3 Å². The topological polar surface area (TPSA) is 148 Å². The van der Waals surface area contributed by atoms with E-state index in [1.54, 1.807) is 0 Å². The van der Waals surface area contributed by atoms with Gasteiger partial charge in [0.05, 0.1) is 29.9 Å². The fourth-order valence-electron chi connectivity index (χ4n) is 9.28. The molecule has 12 unspecified atom stereocenters. The van der Waals surface area contributed by atoms with Crippen LogP contribution in [0.4, 0.5) is 0 Å². The van der Waals surface area contributed by atoms with Crippen LogP contribution < -0.4 is 16.4 Å². The van der Waals surface area contributed by atoms with Crippen LogP contribution in [0, 0.1) is 47.3 Å². The Kier molecular flexibility index (Phi) is 14.4. The summed E-state index contributed by atoms with van der Waals surface area (Å²) >= 11 is 0. The number of allylic oxidation sites excluding steroid dienone is 1. The van der Waals surface area contributed by atoms with Crippen LogP contribution in [0.1, 0.15) is 110 Å². The molecule has 2 fully saturated rings. The fourth-order valence-corrected chi connectivity index (χ4v) is 9.28. The third-order valence-corrected chi connectivity index (χ3v) is 11.8. The number of carboxylic acid groups (broad SMARTS) is 1. The lowest BCUT2D eigenvalue weighted by Crippen LogP contribution is -2.46.